The molecule has 0 aliphatic carbocycles. The molecule has 0 aromatic carbocycles. The van der Waals surface area contributed by atoms with Gasteiger partial charge in [-0.2, -0.15) is 0 Å². The largest absolute Gasteiger partial charge is 0.464 e. The highest BCUT2D eigenvalue weighted by Gasteiger charge is 1.88. The molecule has 94 valence electrons. The van der Waals surface area contributed by atoms with Crippen LogP contribution in [0.5, 0.6) is 0 Å². The van der Waals surface area contributed by atoms with Crippen molar-refractivity contribution in [2.24, 2.45) is 4.99 Å². The van der Waals surface area contributed by atoms with Crippen LogP contribution < -0.4 is 0 Å². The Labute approximate surface area is 104 Å². The normalized spacial score (nSPS) is 12.1. The first-order chi connectivity index (χ1) is 8.02. The molecule has 0 aromatic heterocycles. The molecule has 0 amide bonds. The summed E-state index contributed by atoms with van der Waals surface area (Å²) in [5, 5.41) is 0. The van der Waals surface area contributed by atoms with E-state index < -0.39 is 0 Å². The molecule has 0 aliphatic heterocycles. The standard InChI is InChI=1S/C14H21NO2/c1-12(2)6-5-7-13(3)8-9-15-10-11-17-14(4)16/h5-9H,10-11H2,1-4H3/b7-5+,13-8+,15-9+. The summed E-state index contributed by atoms with van der Waals surface area (Å²) in [5.74, 6) is -0.267. The minimum atomic E-state index is -0.267. The van der Waals surface area contributed by atoms with Crippen molar-refractivity contribution in [1.29, 1.82) is 0 Å². The molecule has 0 atom stereocenters. The van der Waals surface area contributed by atoms with Gasteiger partial charge >= 0.3 is 5.97 Å². The van der Waals surface area contributed by atoms with Gasteiger partial charge in [-0.1, -0.05) is 23.8 Å². The molecule has 3 nitrogen and oxygen atoms in total. The molecule has 0 fully saturated rings. The SMILES string of the molecule is CC(=O)OCC/N=C/C=C(C)/C=C/C=C(C)C. The highest BCUT2D eigenvalue weighted by molar-refractivity contribution is 5.72. The van der Waals surface area contributed by atoms with Crippen LogP contribution in [0.3, 0.4) is 0 Å². The van der Waals surface area contributed by atoms with Crippen molar-refractivity contribution in [2.45, 2.75) is 27.7 Å². The van der Waals surface area contributed by atoms with Crippen molar-refractivity contribution in [3.05, 3.63) is 35.5 Å². The lowest BCUT2D eigenvalue weighted by Gasteiger charge is -1.95. The lowest BCUT2D eigenvalue weighted by Crippen LogP contribution is -2.02. The number of ether oxygens (including phenoxy) is 1. The molecular formula is C14H21NO2. The molecule has 0 bridgehead atoms. The smallest absolute Gasteiger partial charge is 0.302 e. The van der Waals surface area contributed by atoms with E-state index in [1.807, 2.05) is 25.2 Å². The Hall–Kier alpha value is -1.64. The number of carbonyl (C=O) groups is 1. The second kappa shape index (κ2) is 9.58. The summed E-state index contributed by atoms with van der Waals surface area (Å²) in [6.07, 6.45) is 9.73. The summed E-state index contributed by atoms with van der Waals surface area (Å²) >= 11 is 0. The van der Waals surface area contributed by atoms with Gasteiger partial charge in [-0.15, -0.1) is 0 Å². The average molecular weight is 235 g/mol. The molecule has 0 aliphatic rings. The molecule has 0 heterocycles. The molecule has 0 rings (SSSR count). The maximum Gasteiger partial charge on any atom is 0.302 e. The van der Waals surface area contributed by atoms with Crippen LogP contribution in [0, 0.1) is 0 Å². The second-order valence-electron chi connectivity index (χ2n) is 3.91. The first-order valence-corrected chi connectivity index (χ1v) is 5.64. The Kier molecular flexibility index (Phi) is 8.65. The average Bonchev–Trinajstić information content (AvgIpc) is 2.22. The maximum absolute atomic E-state index is 10.5. The van der Waals surface area contributed by atoms with E-state index in [0.29, 0.717) is 13.2 Å². The number of allylic oxidation sites excluding steroid dienone is 6. The predicted octanol–water partition coefficient (Wildman–Crippen LogP) is 3.09. The van der Waals surface area contributed by atoms with Crippen LogP contribution in [-0.4, -0.2) is 25.3 Å². The van der Waals surface area contributed by atoms with Gasteiger partial charge in [-0.25, -0.2) is 0 Å². The van der Waals surface area contributed by atoms with Crippen LogP contribution >= 0.6 is 0 Å². The number of rotatable bonds is 6. The van der Waals surface area contributed by atoms with Crippen molar-refractivity contribution >= 4 is 12.2 Å². The van der Waals surface area contributed by atoms with Crippen molar-refractivity contribution < 1.29 is 9.53 Å². The third kappa shape index (κ3) is 12.3. The predicted molar refractivity (Wildman–Crippen MR) is 72.3 cm³/mol. The fourth-order valence-corrected chi connectivity index (χ4v) is 0.935. The quantitative estimate of drug-likeness (QED) is 0.307. The fraction of sp³-hybridized carbons (Fsp3) is 0.429. The van der Waals surface area contributed by atoms with Gasteiger partial charge in [0.05, 0.1) is 6.54 Å². The summed E-state index contributed by atoms with van der Waals surface area (Å²) in [5.41, 5.74) is 2.39. The third-order valence-corrected chi connectivity index (χ3v) is 1.76. The molecule has 0 saturated carbocycles. The molecule has 3 heteroatoms. The number of esters is 1. The first kappa shape index (κ1) is 15.4. The van der Waals surface area contributed by atoms with Gasteiger partial charge in [0.15, 0.2) is 0 Å². The van der Waals surface area contributed by atoms with Gasteiger partial charge in [0.1, 0.15) is 6.61 Å². The van der Waals surface area contributed by atoms with Gasteiger partial charge in [-0.05, 0) is 32.4 Å². The minimum Gasteiger partial charge on any atom is -0.464 e. The Balaban J connectivity index is 3.90. The van der Waals surface area contributed by atoms with Gasteiger partial charge in [0.2, 0.25) is 0 Å². The molecule has 0 radical (unpaired) electrons. The minimum absolute atomic E-state index is 0.267. The highest BCUT2D eigenvalue weighted by atomic mass is 16.5. The van der Waals surface area contributed by atoms with E-state index in [1.165, 1.54) is 12.5 Å². The summed E-state index contributed by atoms with van der Waals surface area (Å²) in [6, 6.07) is 0. The fourth-order valence-electron chi connectivity index (χ4n) is 0.935. The number of hydrogen-bond donors (Lipinski definition) is 0. The molecule has 0 spiro atoms. The van der Waals surface area contributed by atoms with Gasteiger partial charge in [0, 0.05) is 13.1 Å². The summed E-state index contributed by atoms with van der Waals surface area (Å²) < 4.78 is 4.75. The topological polar surface area (TPSA) is 38.7 Å². The third-order valence-electron chi connectivity index (χ3n) is 1.76. The highest BCUT2D eigenvalue weighted by Crippen LogP contribution is 1.96. The van der Waals surface area contributed by atoms with E-state index >= 15 is 0 Å². The Bertz CT molecular complexity index is 345. The van der Waals surface area contributed by atoms with Crippen LogP contribution in [-0.2, 0) is 9.53 Å². The Morgan fingerprint density at radius 2 is 1.88 bits per heavy atom. The van der Waals surface area contributed by atoms with Crippen LogP contribution in [0.4, 0.5) is 0 Å². The number of nitrogens with zero attached hydrogens (tertiary/aromatic N) is 1. The molecule has 17 heavy (non-hydrogen) atoms. The second-order valence-corrected chi connectivity index (χ2v) is 3.91. The van der Waals surface area contributed by atoms with Crippen molar-refractivity contribution in [1.82, 2.24) is 0 Å². The van der Waals surface area contributed by atoms with Gasteiger partial charge < -0.3 is 4.74 Å². The van der Waals surface area contributed by atoms with E-state index in [9.17, 15) is 4.79 Å². The lowest BCUT2D eigenvalue weighted by atomic mass is 10.2. The van der Waals surface area contributed by atoms with Crippen molar-refractivity contribution in [2.75, 3.05) is 13.2 Å². The zero-order valence-electron chi connectivity index (χ0n) is 11.1. The summed E-state index contributed by atoms with van der Waals surface area (Å²) in [7, 11) is 0. The van der Waals surface area contributed by atoms with E-state index in [-0.39, 0.29) is 5.97 Å². The Morgan fingerprint density at radius 1 is 1.18 bits per heavy atom. The number of aliphatic imine (C=N–C) groups is 1. The van der Waals surface area contributed by atoms with E-state index in [0.717, 1.165) is 5.57 Å². The van der Waals surface area contributed by atoms with Gasteiger partial charge in [0.25, 0.3) is 0 Å². The van der Waals surface area contributed by atoms with Crippen LogP contribution in [0.15, 0.2) is 40.4 Å². The van der Waals surface area contributed by atoms with Crippen LogP contribution in [0.2, 0.25) is 0 Å². The summed E-state index contributed by atoms with van der Waals surface area (Å²) in [4.78, 5) is 14.6. The molecule has 0 aromatic rings. The molecular weight excluding hydrogens is 214 g/mol. The zero-order valence-corrected chi connectivity index (χ0v) is 11.1. The maximum atomic E-state index is 10.5. The number of hydrogen-bond acceptors (Lipinski definition) is 3. The molecule has 0 unspecified atom stereocenters. The van der Waals surface area contributed by atoms with Crippen LogP contribution in [0.1, 0.15) is 27.7 Å². The van der Waals surface area contributed by atoms with Crippen molar-refractivity contribution in [3.8, 4) is 0 Å². The van der Waals surface area contributed by atoms with Crippen LogP contribution in [0.25, 0.3) is 0 Å². The Morgan fingerprint density at radius 3 is 2.47 bits per heavy atom. The van der Waals surface area contributed by atoms with E-state index in [4.69, 9.17) is 4.74 Å². The van der Waals surface area contributed by atoms with Gasteiger partial charge in [-0.3, -0.25) is 9.79 Å². The number of carbonyl (C=O) groups excluding carboxylic acids is 1. The lowest BCUT2D eigenvalue weighted by molar-refractivity contribution is -0.140. The first-order valence-electron chi connectivity index (χ1n) is 5.64. The molecule has 0 N–H and O–H groups in total. The van der Waals surface area contributed by atoms with E-state index in [1.54, 1.807) is 6.21 Å². The zero-order chi connectivity index (χ0) is 13.1. The van der Waals surface area contributed by atoms with Crippen molar-refractivity contribution in [3.63, 3.8) is 0 Å². The summed E-state index contributed by atoms with van der Waals surface area (Å²) in [6.45, 7) is 8.35. The van der Waals surface area contributed by atoms with E-state index in [2.05, 4.69) is 24.9 Å². The molecule has 0 saturated heterocycles. The monoisotopic (exact) mass is 235 g/mol.